The first-order valence-electron chi connectivity index (χ1n) is 8.64. The Morgan fingerprint density at radius 3 is 1.96 bits per heavy atom. The van der Waals surface area contributed by atoms with Gasteiger partial charge < -0.3 is 9.47 Å². The van der Waals surface area contributed by atoms with Gasteiger partial charge in [-0.2, -0.15) is 0 Å². The summed E-state index contributed by atoms with van der Waals surface area (Å²) in [6.07, 6.45) is 4.61. The summed E-state index contributed by atoms with van der Waals surface area (Å²) in [7, 11) is 3.40. The average molecular weight is 332 g/mol. The summed E-state index contributed by atoms with van der Waals surface area (Å²) in [5, 5.41) is 0. The number of ether oxygens (including phenoxy) is 2. The van der Waals surface area contributed by atoms with E-state index in [0.717, 1.165) is 24.5 Å². The Labute approximate surface area is 148 Å². The number of aryl methyl sites for hydroxylation is 1. The Bertz CT molecular complexity index is 883. The number of hydrogen-bond acceptors (Lipinski definition) is 2. The maximum atomic E-state index is 5.30. The highest BCUT2D eigenvalue weighted by molar-refractivity contribution is 5.73. The maximum Gasteiger partial charge on any atom is 0.189 e. The van der Waals surface area contributed by atoms with Crippen LogP contribution in [0.2, 0.25) is 0 Å². The fourth-order valence-corrected chi connectivity index (χ4v) is 3.53. The van der Waals surface area contributed by atoms with Crippen LogP contribution >= 0.6 is 0 Å². The quantitative estimate of drug-likeness (QED) is 0.666. The highest BCUT2D eigenvalue weighted by Crippen LogP contribution is 2.31. The van der Waals surface area contributed by atoms with Crippen LogP contribution in [0.1, 0.15) is 12.1 Å². The molecule has 0 fully saturated rings. The number of aromatic nitrogens is 1. The first-order valence-corrected chi connectivity index (χ1v) is 8.64. The van der Waals surface area contributed by atoms with E-state index in [1.54, 1.807) is 14.2 Å². The van der Waals surface area contributed by atoms with E-state index >= 15 is 0 Å². The van der Waals surface area contributed by atoms with Gasteiger partial charge in [0.2, 0.25) is 0 Å². The summed E-state index contributed by atoms with van der Waals surface area (Å²) in [4.78, 5) is 0. The Hall–Kier alpha value is -2.81. The average Bonchev–Trinajstić information content (AvgIpc) is 3.16. The number of rotatable bonds is 4. The molecule has 1 aliphatic rings. The second kappa shape index (κ2) is 6.60. The minimum absolute atomic E-state index is 0.882. The smallest absolute Gasteiger partial charge is 0.189 e. The predicted molar refractivity (Wildman–Crippen MR) is 98.9 cm³/mol. The molecular weight excluding hydrogens is 310 g/mol. The van der Waals surface area contributed by atoms with Crippen molar-refractivity contribution < 1.29 is 14.0 Å². The summed E-state index contributed by atoms with van der Waals surface area (Å²) >= 11 is 0. The number of nitrogens with zero attached hydrogens (tertiary/aromatic N) is 1. The van der Waals surface area contributed by atoms with Gasteiger partial charge in [-0.15, -0.1) is 0 Å². The number of benzene rings is 2. The lowest BCUT2D eigenvalue weighted by atomic mass is 9.98. The lowest BCUT2D eigenvalue weighted by molar-refractivity contribution is -0.689. The second-order valence-corrected chi connectivity index (χ2v) is 6.34. The van der Waals surface area contributed by atoms with Crippen molar-refractivity contribution in [3.05, 3.63) is 66.5 Å². The molecule has 25 heavy (non-hydrogen) atoms. The molecule has 0 amide bonds. The fraction of sp³-hybridized carbons (Fsp3) is 0.227. The summed E-state index contributed by atoms with van der Waals surface area (Å²) in [5.74, 6) is 1.77. The van der Waals surface area contributed by atoms with Crippen LogP contribution in [0, 0.1) is 0 Å². The Morgan fingerprint density at radius 2 is 1.36 bits per heavy atom. The predicted octanol–water partition coefficient (Wildman–Crippen LogP) is 4.27. The van der Waals surface area contributed by atoms with Gasteiger partial charge in [0.25, 0.3) is 0 Å². The minimum Gasteiger partial charge on any atom is -0.497 e. The largest absolute Gasteiger partial charge is 0.497 e. The van der Waals surface area contributed by atoms with Gasteiger partial charge in [0.1, 0.15) is 18.0 Å². The normalized spacial score (nSPS) is 12.7. The van der Waals surface area contributed by atoms with E-state index in [4.69, 9.17) is 9.47 Å². The van der Waals surface area contributed by atoms with E-state index in [2.05, 4.69) is 41.1 Å². The molecule has 0 N–H and O–H groups in total. The summed E-state index contributed by atoms with van der Waals surface area (Å²) in [6, 6.07) is 18.9. The van der Waals surface area contributed by atoms with Gasteiger partial charge >= 0.3 is 0 Å². The Kier molecular flexibility index (Phi) is 4.14. The van der Waals surface area contributed by atoms with Crippen LogP contribution in [0.25, 0.3) is 22.3 Å². The molecule has 0 aliphatic carbocycles. The molecule has 3 aromatic rings. The maximum absolute atomic E-state index is 5.30. The van der Waals surface area contributed by atoms with Gasteiger partial charge in [-0.3, -0.25) is 0 Å². The van der Waals surface area contributed by atoms with Crippen molar-refractivity contribution in [2.45, 2.75) is 19.4 Å². The molecule has 0 spiro atoms. The third-order valence-electron chi connectivity index (χ3n) is 4.89. The molecule has 4 rings (SSSR count). The molecule has 3 nitrogen and oxygen atoms in total. The molecule has 0 saturated heterocycles. The number of pyridine rings is 1. The van der Waals surface area contributed by atoms with Crippen LogP contribution in [0.4, 0.5) is 0 Å². The molecule has 0 saturated carbocycles. The highest BCUT2D eigenvalue weighted by Gasteiger charge is 2.25. The Balaban J connectivity index is 1.81. The lowest BCUT2D eigenvalue weighted by Crippen LogP contribution is -2.33. The van der Waals surface area contributed by atoms with Crippen molar-refractivity contribution in [3.8, 4) is 33.8 Å². The molecule has 0 unspecified atom stereocenters. The van der Waals surface area contributed by atoms with Crippen LogP contribution in [0.3, 0.4) is 0 Å². The van der Waals surface area contributed by atoms with Crippen LogP contribution in [0.15, 0.2) is 60.8 Å². The van der Waals surface area contributed by atoms with Crippen LogP contribution in [-0.4, -0.2) is 14.2 Å². The zero-order valence-corrected chi connectivity index (χ0v) is 14.7. The molecule has 0 radical (unpaired) electrons. The minimum atomic E-state index is 0.882. The first kappa shape index (κ1) is 15.7. The SMILES string of the molecule is COc1ccc(-c2cc(-c3ccc(OC)cc3)c3[n+](c2)CCC3)cc1. The van der Waals surface area contributed by atoms with E-state index in [9.17, 15) is 0 Å². The van der Waals surface area contributed by atoms with Gasteiger partial charge in [0, 0.05) is 24.0 Å². The summed E-state index contributed by atoms with van der Waals surface area (Å²) < 4.78 is 13.0. The van der Waals surface area contributed by atoms with Crippen molar-refractivity contribution in [1.82, 2.24) is 0 Å². The van der Waals surface area contributed by atoms with Gasteiger partial charge in [0.15, 0.2) is 11.9 Å². The van der Waals surface area contributed by atoms with Gasteiger partial charge in [-0.25, -0.2) is 4.57 Å². The van der Waals surface area contributed by atoms with Gasteiger partial charge in [0.05, 0.1) is 14.2 Å². The topological polar surface area (TPSA) is 22.3 Å². The molecule has 2 aromatic carbocycles. The number of fused-ring (bicyclic) bond motifs is 1. The fourth-order valence-electron chi connectivity index (χ4n) is 3.53. The molecule has 1 aromatic heterocycles. The number of methoxy groups -OCH3 is 2. The van der Waals surface area contributed by atoms with Gasteiger partial charge in [-0.1, -0.05) is 24.3 Å². The van der Waals surface area contributed by atoms with E-state index in [1.807, 2.05) is 24.3 Å². The van der Waals surface area contributed by atoms with Crippen molar-refractivity contribution in [2.24, 2.45) is 0 Å². The first-order chi connectivity index (χ1) is 12.3. The summed E-state index contributed by atoms with van der Waals surface area (Å²) in [5.41, 5.74) is 6.41. The van der Waals surface area contributed by atoms with E-state index in [-0.39, 0.29) is 0 Å². The summed E-state index contributed by atoms with van der Waals surface area (Å²) in [6.45, 7) is 1.09. The zero-order valence-electron chi connectivity index (χ0n) is 14.7. The van der Waals surface area contributed by atoms with Gasteiger partial charge in [-0.05, 0) is 41.5 Å². The van der Waals surface area contributed by atoms with E-state index < -0.39 is 0 Å². The third-order valence-corrected chi connectivity index (χ3v) is 4.89. The molecule has 126 valence electrons. The van der Waals surface area contributed by atoms with Crippen LogP contribution in [-0.2, 0) is 13.0 Å². The number of hydrogen-bond donors (Lipinski definition) is 0. The molecule has 1 aliphatic heterocycles. The molecule has 0 atom stereocenters. The monoisotopic (exact) mass is 332 g/mol. The highest BCUT2D eigenvalue weighted by atomic mass is 16.5. The lowest BCUT2D eigenvalue weighted by Gasteiger charge is -2.09. The van der Waals surface area contributed by atoms with Crippen LogP contribution in [0.5, 0.6) is 11.5 Å². The standard InChI is InChI=1S/C22H22NO2/c1-24-19-9-5-16(6-10-19)18-14-21(22-4-3-13-23(22)15-18)17-7-11-20(25-2)12-8-17/h5-12,14-15H,3-4,13H2,1-2H3/q+1. The van der Waals surface area contributed by atoms with Crippen molar-refractivity contribution in [1.29, 1.82) is 0 Å². The van der Waals surface area contributed by atoms with Crippen molar-refractivity contribution in [3.63, 3.8) is 0 Å². The molecule has 2 heterocycles. The van der Waals surface area contributed by atoms with Crippen molar-refractivity contribution in [2.75, 3.05) is 14.2 Å². The third kappa shape index (κ3) is 2.98. The zero-order chi connectivity index (χ0) is 17.2. The second-order valence-electron chi connectivity index (χ2n) is 6.34. The van der Waals surface area contributed by atoms with E-state index in [0.29, 0.717) is 0 Å². The molecular formula is C22H22NO2+. The molecule has 3 heteroatoms. The Morgan fingerprint density at radius 1 is 0.760 bits per heavy atom. The molecule has 0 bridgehead atoms. The van der Waals surface area contributed by atoms with E-state index in [1.165, 1.54) is 34.4 Å². The van der Waals surface area contributed by atoms with Crippen LogP contribution < -0.4 is 14.0 Å². The van der Waals surface area contributed by atoms with Crippen molar-refractivity contribution >= 4 is 0 Å².